The molecule has 5 rings (SSSR count). The number of nitrogens with one attached hydrogen (secondary N) is 2. The van der Waals surface area contributed by atoms with Crippen molar-refractivity contribution in [3.8, 4) is 0 Å². The van der Waals surface area contributed by atoms with Gasteiger partial charge in [0.25, 0.3) is 5.56 Å². The number of rotatable bonds is 8. The van der Waals surface area contributed by atoms with Crippen LogP contribution in [-0.2, 0) is 16.1 Å². The summed E-state index contributed by atoms with van der Waals surface area (Å²) in [7, 11) is 0. The molecule has 3 saturated carbocycles. The van der Waals surface area contributed by atoms with Crippen LogP contribution in [0.4, 0.5) is 5.69 Å². The number of pyridine rings is 1. The van der Waals surface area contributed by atoms with E-state index in [2.05, 4.69) is 57.4 Å². The van der Waals surface area contributed by atoms with E-state index >= 15 is 0 Å². The van der Waals surface area contributed by atoms with Crippen molar-refractivity contribution in [2.45, 2.75) is 58.7 Å². The molecule has 0 spiro atoms. The Kier molecular flexibility index (Phi) is 6.80. The van der Waals surface area contributed by atoms with Gasteiger partial charge < -0.3 is 15.7 Å². The molecule has 3 aliphatic carbocycles. The predicted octanol–water partition coefficient (Wildman–Crippen LogP) is 3.22. The van der Waals surface area contributed by atoms with Crippen LogP contribution in [0.25, 0.3) is 0 Å². The van der Waals surface area contributed by atoms with E-state index in [1.165, 1.54) is 18.8 Å². The minimum atomic E-state index is -1.05. The molecule has 182 valence electrons. The van der Waals surface area contributed by atoms with Crippen LogP contribution in [0.5, 0.6) is 0 Å². The third-order valence-electron chi connectivity index (χ3n) is 7.80. The molecule has 3 N–H and O–H groups in total. The van der Waals surface area contributed by atoms with Crippen molar-refractivity contribution >= 4 is 33.5 Å². The lowest BCUT2D eigenvalue weighted by Crippen LogP contribution is -2.58. The second-order valence-electron chi connectivity index (χ2n) is 10.0. The molecule has 0 aromatic carbocycles. The van der Waals surface area contributed by atoms with Gasteiger partial charge >= 0.3 is 5.97 Å². The summed E-state index contributed by atoms with van der Waals surface area (Å²) in [4.78, 5) is 40.7. The Balaban J connectivity index is 1.43. The number of amides is 1. The highest BCUT2D eigenvalue weighted by Crippen LogP contribution is 2.61. The van der Waals surface area contributed by atoms with Gasteiger partial charge in [0, 0.05) is 18.4 Å². The van der Waals surface area contributed by atoms with Gasteiger partial charge in [-0.2, -0.15) is 5.10 Å². The molecular formula is C24H30BrN5O4. The fraction of sp³-hybridized carbons (Fsp3) is 0.542. The Morgan fingerprint density at radius 2 is 2.00 bits per heavy atom. The first-order chi connectivity index (χ1) is 16.1. The number of carbonyl (C=O) groups is 2. The quantitative estimate of drug-likeness (QED) is 0.477. The Morgan fingerprint density at radius 3 is 2.62 bits per heavy atom. The molecule has 2 aromatic heterocycles. The second kappa shape index (κ2) is 9.48. The first-order valence-electron chi connectivity index (χ1n) is 11.5. The lowest BCUT2D eigenvalue weighted by molar-refractivity contribution is -0.137. The standard InChI is InChI=1S/C24H30BrN5O4/c1-13-16-8-15(24(16,2)3)9-17(13)28-19-11-27-30(23(34)22(19)25)12-20(31)29-18(10-21(32)33)14-4-6-26-7-5-14/h4-7,11,13,15-18,28H,8-10,12H2,1-3H3,(H,29,31)(H,32,33)/t13-,15+,16+,17+,18?/m0/s1. The van der Waals surface area contributed by atoms with E-state index in [4.69, 9.17) is 0 Å². The number of anilines is 1. The first kappa shape index (κ1) is 24.4. The van der Waals surface area contributed by atoms with Gasteiger partial charge in [-0.1, -0.05) is 20.8 Å². The van der Waals surface area contributed by atoms with Gasteiger partial charge in [-0.3, -0.25) is 19.4 Å². The van der Waals surface area contributed by atoms with Crippen molar-refractivity contribution in [3.63, 3.8) is 0 Å². The van der Waals surface area contributed by atoms with Crippen LogP contribution in [0.1, 0.15) is 51.6 Å². The largest absolute Gasteiger partial charge is 0.481 e. The zero-order valence-corrected chi connectivity index (χ0v) is 21.1. The van der Waals surface area contributed by atoms with Crippen molar-refractivity contribution in [1.29, 1.82) is 0 Å². The van der Waals surface area contributed by atoms with Crippen LogP contribution in [0.2, 0.25) is 0 Å². The molecule has 2 aromatic rings. The van der Waals surface area contributed by atoms with E-state index in [1.54, 1.807) is 18.3 Å². The average Bonchev–Trinajstić information content (AvgIpc) is 2.79. The molecule has 5 atom stereocenters. The summed E-state index contributed by atoms with van der Waals surface area (Å²) < 4.78 is 1.40. The van der Waals surface area contributed by atoms with Crippen molar-refractivity contribution in [3.05, 3.63) is 51.1 Å². The van der Waals surface area contributed by atoms with Crippen molar-refractivity contribution in [1.82, 2.24) is 20.1 Å². The summed E-state index contributed by atoms with van der Waals surface area (Å²) in [6, 6.07) is 2.82. The highest BCUT2D eigenvalue weighted by Gasteiger charge is 2.56. The van der Waals surface area contributed by atoms with Crippen molar-refractivity contribution < 1.29 is 14.7 Å². The number of hydrogen-bond acceptors (Lipinski definition) is 6. The number of hydrogen-bond donors (Lipinski definition) is 3. The Bertz CT molecular complexity index is 1140. The summed E-state index contributed by atoms with van der Waals surface area (Å²) in [5.41, 5.74) is 1.19. The molecule has 3 fully saturated rings. The Morgan fingerprint density at radius 1 is 1.29 bits per heavy atom. The molecule has 2 heterocycles. The average molecular weight is 532 g/mol. The van der Waals surface area contributed by atoms with Crippen LogP contribution in [0.3, 0.4) is 0 Å². The molecule has 3 aliphatic rings. The number of carboxylic acids is 1. The first-order valence-corrected chi connectivity index (χ1v) is 12.3. The molecule has 9 nitrogen and oxygen atoms in total. The maximum absolute atomic E-state index is 12.9. The van der Waals surface area contributed by atoms with Gasteiger partial charge in [-0.05, 0) is 69.6 Å². The van der Waals surface area contributed by atoms with E-state index in [0.29, 0.717) is 38.9 Å². The summed E-state index contributed by atoms with van der Waals surface area (Å²) in [5.74, 6) is 0.279. The smallest absolute Gasteiger partial charge is 0.305 e. The van der Waals surface area contributed by atoms with Gasteiger partial charge in [0.2, 0.25) is 5.91 Å². The van der Waals surface area contributed by atoms with Crippen LogP contribution in [-0.4, -0.2) is 37.8 Å². The van der Waals surface area contributed by atoms with E-state index in [9.17, 15) is 19.5 Å². The van der Waals surface area contributed by atoms with Gasteiger partial charge in [-0.15, -0.1) is 0 Å². The lowest BCUT2D eigenvalue weighted by atomic mass is 9.45. The molecule has 0 saturated heterocycles. The molecule has 2 bridgehead atoms. The number of halogens is 1. The van der Waals surface area contributed by atoms with Crippen molar-refractivity contribution in [2.24, 2.45) is 23.2 Å². The highest BCUT2D eigenvalue weighted by molar-refractivity contribution is 9.10. The predicted molar refractivity (Wildman–Crippen MR) is 130 cm³/mol. The molecule has 0 aliphatic heterocycles. The minimum absolute atomic E-state index is 0.269. The van der Waals surface area contributed by atoms with Crippen LogP contribution < -0.4 is 16.2 Å². The maximum atomic E-state index is 12.9. The number of fused-ring (bicyclic) bond motifs is 2. The summed E-state index contributed by atoms with van der Waals surface area (Å²) in [6.07, 6.45) is 6.66. The van der Waals surface area contributed by atoms with E-state index < -0.39 is 23.5 Å². The third kappa shape index (κ3) is 4.73. The Labute approximate surface area is 206 Å². The number of aliphatic carboxylic acids is 1. The third-order valence-corrected chi connectivity index (χ3v) is 8.56. The van der Waals surface area contributed by atoms with Gasteiger partial charge in [-0.25, -0.2) is 4.68 Å². The van der Waals surface area contributed by atoms with E-state index in [1.807, 2.05) is 0 Å². The fourth-order valence-electron chi connectivity index (χ4n) is 5.62. The topological polar surface area (TPSA) is 126 Å². The molecule has 10 heteroatoms. The molecule has 1 unspecified atom stereocenters. The highest BCUT2D eigenvalue weighted by atomic mass is 79.9. The number of carbonyl (C=O) groups excluding carboxylic acids is 1. The zero-order valence-electron chi connectivity index (χ0n) is 19.5. The second-order valence-corrected chi connectivity index (χ2v) is 10.8. The molecule has 1 amide bonds. The molecule has 0 radical (unpaired) electrons. The number of aromatic nitrogens is 3. The molecule has 34 heavy (non-hydrogen) atoms. The zero-order chi connectivity index (χ0) is 24.6. The van der Waals surface area contributed by atoms with E-state index in [0.717, 1.165) is 11.1 Å². The number of carboxylic acid groups (broad SMARTS) is 1. The van der Waals surface area contributed by atoms with Gasteiger partial charge in [0.05, 0.1) is 24.3 Å². The monoisotopic (exact) mass is 531 g/mol. The Hall–Kier alpha value is -2.75. The van der Waals surface area contributed by atoms with Crippen LogP contribution in [0.15, 0.2) is 40.0 Å². The molecular weight excluding hydrogens is 502 g/mol. The van der Waals surface area contributed by atoms with E-state index in [-0.39, 0.29) is 19.0 Å². The minimum Gasteiger partial charge on any atom is -0.481 e. The number of nitrogens with zero attached hydrogens (tertiary/aromatic N) is 3. The summed E-state index contributed by atoms with van der Waals surface area (Å²) in [6.45, 7) is 6.63. The fourth-order valence-corrected chi connectivity index (χ4v) is 6.04. The maximum Gasteiger partial charge on any atom is 0.305 e. The lowest BCUT2D eigenvalue weighted by Gasteiger charge is -2.62. The summed E-state index contributed by atoms with van der Waals surface area (Å²) in [5, 5.41) is 19.6. The summed E-state index contributed by atoms with van der Waals surface area (Å²) >= 11 is 3.38. The van der Waals surface area contributed by atoms with Crippen LogP contribution in [0, 0.1) is 23.2 Å². The van der Waals surface area contributed by atoms with Gasteiger partial charge in [0.1, 0.15) is 11.0 Å². The SMILES string of the molecule is C[C@H]1[C@H]2C[C@H](C[C@H]1Nc1cnn(CC(=O)NC(CC(=O)O)c3ccncc3)c(=O)c1Br)C2(C)C. The van der Waals surface area contributed by atoms with Gasteiger partial charge in [0.15, 0.2) is 0 Å². The normalized spacial score (nSPS) is 25.6. The van der Waals surface area contributed by atoms with Crippen molar-refractivity contribution in [2.75, 3.05) is 5.32 Å². The van der Waals surface area contributed by atoms with Crippen LogP contribution >= 0.6 is 15.9 Å².